The van der Waals surface area contributed by atoms with Crippen LogP contribution in [0.5, 0.6) is 0 Å². The van der Waals surface area contributed by atoms with Gasteiger partial charge in [0.25, 0.3) is 0 Å². The number of rotatable bonds is 11. The van der Waals surface area contributed by atoms with Crippen molar-refractivity contribution in [1.82, 2.24) is 10.2 Å². The number of piperazine rings is 1. The van der Waals surface area contributed by atoms with Crippen LogP contribution in [0.2, 0.25) is 0 Å². The fraction of sp³-hybridized carbons (Fsp3) is 1.00. The van der Waals surface area contributed by atoms with E-state index in [-0.39, 0.29) is 0 Å². The molecule has 1 fully saturated rings. The number of unbranched alkanes of at least 4 members (excludes halogenated alkanes) is 9. The first-order valence-corrected chi connectivity index (χ1v) is 9.21. The topological polar surface area (TPSA) is 15.3 Å². The van der Waals surface area contributed by atoms with Gasteiger partial charge >= 0.3 is 0 Å². The zero-order chi connectivity index (χ0) is 14.6. The molecule has 1 rings (SSSR count). The molecule has 2 atom stereocenters. The van der Waals surface area contributed by atoms with Gasteiger partial charge in [0, 0.05) is 25.2 Å². The van der Waals surface area contributed by atoms with E-state index in [2.05, 4.69) is 31.0 Å². The predicted molar refractivity (Wildman–Crippen MR) is 90.3 cm³/mol. The molecule has 2 heteroatoms. The molecule has 0 saturated carbocycles. The van der Waals surface area contributed by atoms with Crippen molar-refractivity contribution in [2.24, 2.45) is 0 Å². The van der Waals surface area contributed by atoms with Gasteiger partial charge in [-0.3, -0.25) is 4.90 Å². The number of hydrogen-bond acceptors (Lipinski definition) is 2. The largest absolute Gasteiger partial charge is 0.311 e. The maximum atomic E-state index is 3.56. The second kappa shape index (κ2) is 11.6. The van der Waals surface area contributed by atoms with Gasteiger partial charge in [-0.2, -0.15) is 0 Å². The van der Waals surface area contributed by atoms with Crippen LogP contribution in [0.3, 0.4) is 0 Å². The first-order chi connectivity index (χ1) is 9.74. The van der Waals surface area contributed by atoms with E-state index in [1.807, 2.05) is 0 Å². The molecule has 1 heterocycles. The quantitative estimate of drug-likeness (QED) is 0.558. The summed E-state index contributed by atoms with van der Waals surface area (Å²) in [5, 5.41) is 3.56. The van der Waals surface area contributed by atoms with Crippen LogP contribution in [-0.4, -0.2) is 36.6 Å². The third-order valence-electron chi connectivity index (χ3n) is 4.69. The normalized spacial score (nSPS) is 24.1. The van der Waals surface area contributed by atoms with Gasteiger partial charge in [0.2, 0.25) is 0 Å². The minimum atomic E-state index is 0.675. The molecule has 0 bridgehead atoms. The van der Waals surface area contributed by atoms with Gasteiger partial charge < -0.3 is 5.32 Å². The molecule has 0 aromatic heterocycles. The lowest BCUT2D eigenvalue weighted by atomic mass is 10.1. The Labute approximate surface area is 127 Å². The molecule has 0 aromatic rings. The van der Waals surface area contributed by atoms with Crippen molar-refractivity contribution in [1.29, 1.82) is 0 Å². The summed E-state index contributed by atoms with van der Waals surface area (Å²) in [6.07, 6.45) is 14.4. The molecule has 0 unspecified atom stereocenters. The molecule has 120 valence electrons. The smallest absolute Gasteiger partial charge is 0.0193 e. The van der Waals surface area contributed by atoms with Gasteiger partial charge in [0.05, 0.1) is 0 Å². The molecule has 0 amide bonds. The van der Waals surface area contributed by atoms with Crippen LogP contribution >= 0.6 is 0 Å². The van der Waals surface area contributed by atoms with Crippen molar-refractivity contribution in [3.05, 3.63) is 0 Å². The molecule has 20 heavy (non-hydrogen) atoms. The summed E-state index contributed by atoms with van der Waals surface area (Å²) in [4.78, 5) is 2.67. The van der Waals surface area contributed by atoms with Crippen LogP contribution in [-0.2, 0) is 0 Å². The fourth-order valence-electron chi connectivity index (χ4n) is 3.21. The molecule has 0 spiro atoms. The minimum Gasteiger partial charge on any atom is -0.311 e. The van der Waals surface area contributed by atoms with E-state index in [1.165, 1.54) is 83.8 Å². The summed E-state index contributed by atoms with van der Waals surface area (Å²) in [5.74, 6) is 0. The van der Waals surface area contributed by atoms with Crippen molar-refractivity contribution in [3.8, 4) is 0 Å². The third-order valence-corrected chi connectivity index (χ3v) is 4.69. The molecule has 0 radical (unpaired) electrons. The summed E-state index contributed by atoms with van der Waals surface area (Å²) >= 11 is 0. The molecular formula is C18H38N2. The van der Waals surface area contributed by atoms with Crippen molar-refractivity contribution < 1.29 is 0 Å². The highest BCUT2D eigenvalue weighted by Gasteiger charge is 2.21. The van der Waals surface area contributed by atoms with Gasteiger partial charge in [0.1, 0.15) is 0 Å². The van der Waals surface area contributed by atoms with E-state index < -0.39 is 0 Å². The van der Waals surface area contributed by atoms with Crippen LogP contribution in [0.4, 0.5) is 0 Å². The Balaban J connectivity index is 1.86. The van der Waals surface area contributed by atoms with Crippen LogP contribution < -0.4 is 5.32 Å². The predicted octanol–water partition coefficient (Wildman–Crippen LogP) is 4.59. The lowest BCUT2D eigenvalue weighted by molar-refractivity contribution is 0.144. The monoisotopic (exact) mass is 282 g/mol. The highest BCUT2D eigenvalue weighted by molar-refractivity contribution is 4.80. The Morgan fingerprint density at radius 1 is 0.850 bits per heavy atom. The van der Waals surface area contributed by atoms with Gasteiger partial charge in [-0.05, 0) is 26.8 Å². The molecule has 0 aliphatic carbocycles. The fourth-order valence-corrected chi connectivity index (χ4v) is 3.21. The number of hydrogen-bond donors (Lipinski definition) is 1. The maximum Gasteiger partial charge on any atom is 0.0193 e. The minimum absolute atomic E-state index is 0.675. The molecule has 1 N–H and O–H groups in total. The Kier molecular flexibility index (Phi) is 10.4. The summed E-state index contributed by atoms with van der Waals surface area (Å²) in [7, 11) is 0. The molecule has 1 saturated heterocycles. The molecule has 1 aliphatic heterocycles. The van der Waals surface area contributed by atoms with Crippen LogP contribution in [0.15, 0.2) is 0 Å². The van der Waals surface area contributed by atoms with Gasteiger partial charge in [-0.1, -0.05) is 64.7 Å². The number of nitrogens with one attached hydrogen (secondary N) is 1. The second-order valence-corrected chi connectivity index (χ2v) is 6.84. The number of nitrogens with zero attached hydrogens (tertiary/aromatic N) is 1. The van der Waals surface area contributed by atoms with E-state index in [9.17, 15) is 0 Å². The summed E-state index contributed by atoms with van der Waals surface area (Å²) in [5.41, 5.74) is 0. The molecule has 0 aromatic carbocycles. The highest BCUT2D eigenvalue weighted by Crippen LogP contribution is 2.12. The Bertz CT molecular complexity index is 217. The summed E-state index contributed by atoms with van der Waals surface area (Å²) in [6, 6.07) is 1.40. The molecular weight excluding hydrogens is 244 g/mol. The van der Waals surface area contributed by atoms with Gasteiger partial charge in [-0.15, -0.1) is 0 Å². The van der Waals surface area contributed by atoms with E-state index in [4.69, 9.17) is 0 Å². The van der Waals surface area contributed by atoms with E-state index in [1.54, 1.807) is 0 Å². The van der Waals surface area contributed by atoms with Gasteiger partial charge in [0.15, 0.2) is 0 Å². The van der Waals surface area contributed by atoms with Crippen LogP contribution in [0, 0.1) is 0 Å². The van der Waals surface area contributed by atoms with E-state index >= 15 is 0 Å². The SMILES string of the molecule is CCCCCCCCCCCCN1C[C@@H](C)NC[C@@H]1C. The average Bonchev–Trinajstić information content (AvgIpc) is 2.44. The van der Waals surface area contributed by atoms with E-state index in [0.717, 1.165) is 6.04 Å². The highest BCUT2D eigenvalue weighted by atomic mass is 15.2. The third kappa shape index (κ3) is 8.26. The maximum absolute atomic E-state index is 3.56. The zero-order valence-electron chi connectivity index (χ0n) is 14.3. The summed E-state index contributed by atoms with van der Waals surface area (Å²) in [6.45, 7) is 10.7. The Morgan fingerprint density at radius 2 is 1.40 bits per heavy atom. The van der Waals surface area contributed by atoms with Crippen LogP contribution in [0.25, 0.3) is 0 Å². The van der Waals surface area contributed by atoms with Crippen molar-refractivity contribution in [2.45, 2.75) is 97.1 Å². The summed E-state index contributed by atoms with van der Waals surface area (Å²) < 4.78 is 0. The zero-order valence-corrected chi connectivity index (χ0v) is 14.3. The Morgan fingerprint density at radius 3 is 2.00 bits per heavy atom. The van der Waals surface area contributed by atoms with Gasteiger partial charge in [-0.25, -0.2) is 0 Å². The molecule has 2 nitrogen and oxygen atoms in total. The molecule has 1 aliphatic rings. The Hall–Kier alpha value is -0.0800. The van der Waals surface area contributed by atoms with Crippen LogP contribution in [0.1, 0.15) is 85.0 Å². The average molecular weight is 283 g/mol. The standard InChI is InChI=1S/C18H38N2/c1-4-5-6-7-8-9-10-11-12-13-14-20-16-17(2)19-15-18(20)3/h17-19H,4-16H2,1-3H3/t17-,18+/m1/s1. The lowest BCUT2D eigenvalue weighted by Crippen LogP contribution is -2.54. The lowest BCUT2D eigenvalue weighted by Gasteiger charge is -2.37. The second-order valence-electron chi connectivity index (χ2n) is 6.84. The van der Waals surface area contributed by atoms with E-state index in [0.29, 0.717) is 6.04 Å². The first kappa shape index (κ1) is 18.0. The van der Waals surface area contributed by atoms with Crippen molar-refractivity contribution in [3.63, 3.8) is 0 Å². The van der Waals surface area contributed by atoms with Crippen molar-refractivity contribution >= 4 is 0 Å². The van der Waals surface area contributed by atoms with Crippen molar-refractivity contribution in [2.75, 3.05) is 19.6 Å². The first-order valence-electron chi connectivity index (χ1n) is 9.21.